The summed E-state index contributed by atoms with van der Waals surface area (Å²) in [4.78, 5) is 22.2. The zero-order valence-corrected chi connectivity index (χ0v) is 8.44. The molecular formula is C8H13ClO3. The van der Waals surface area contributed by atoms with E-state index in [1.807, 2.05) is 0 Å². The maximum Gasteiger partial charge on any atom is 0.331 e. The lowest BCUT2D eigenvalue weighted by atomic mass is 9.89. The van der Waals surface area contributed by atoms with Crippen LogP contribution in [-0.2, 0) is 14.3 Å². The van der Waals surface area contributed by atoms with E-state index in [1.165, 1.54) is 7.11 Å². The fourth-order valence-corrected chi connectivity index (χ4v) is 1.01. The number of hydrogen-bond acceptors (Lipinski definition) is 3. The van der Waals surface area contributed by atoms with Gasteiger partial charge in [-0.2, -0.15) is 0 Å². The first-order chi connectivity index (χ1) is 5.30. The molecule has 0 saturated heterocycles. The van der Waals surface area contributed by atoms with Crippen LogP contribution >= 0.6 is 11.6 Å². The Balaban J connectivity index is 4.41. The van der Waals surface area contributed by atoms with Gasteiger partial charge in [-0.25, -0.2) is 4.79 Å². The molecule has 1 atom stereocenters. The molecule has 0 saturated carbocycles. The molecule has 4 heteroatoms. The van der Waals surface area contributed by atoms with Gasteiger partial charge in [0.25, 0.3) is 0 Å². The summed E-state index contributed by atoms with van der Waals surface area (Å²) < 4.78 is 4.34. The molecule has 0 heterocycles. The Morgan fingerprint density at radius 3 is 2.00 bits per heavy atom. The minimum Gasteiger partial charge on any atom is -0.468 e. The molecule has 0 aromatic heterocycles. The fraction of sp³-hybridized carbons (Fsp3) is 0.750. The van der Waals surface area contributed by atoms with E-state index in [-0.39, 0.29) is 5.78 Å². The van der Waals surface area contributed by atoms with Crippen molar-refractivity contribution in [3.05, 3.63) is 0 Å². The van der Waals surface area contributed by atoms with Crippen LogP contribution in [0.4, 0.5) is 0 Å². The normalized spacial score (nSPS) is 13.8. The van der Waals surface area contributed by atoms with Crippen molar-refractivity contribution in [2.45, 2.75) is 26.1 Å². The molecule has 0 unspecified atom stereocenters. The van der Waals surface area contributed by atoms with Crippen LogP contribution in [0.3, 0.4) is 0 Å². The number of halogens is 1. The first-order valence-electron chi connectivity index (χ1n) is 3.57. The van der Waals surface area contributed by atoms with Crippen LogP contribution in [0.15, 0.2) is 0 Å². The molecule has 0 aliphatic carbocycles. The molecule has 0 aliphatic heterocycles. The fourth-order valence-electron chi connectivity index (χ4n) is 0.591. The number of carbonyl (C=O) groups is 2. The van der Waals surface area contributed by atoms with Gasteiger partial charge in [0.1, 0.15) is 0 Å². The summed E-state index contributed by atoms with van der Waals surface area (Å²) in [6.07, 6.45) is 0. The third-order valence-electron chi connectivity index (χ3n) is 1.38. The summed E-state index contributed by atoms with van der Waals surface area (Å²) in [5.74, 6) is -1.02. The van der Waals surface area contributed by atoms with Gasteiger partial charge in [0.15, 0.2) is 11.2 Å². The number of ether oxygens (including phenoxy) is 1. The summed E-state index contributed by atoms with van der Waals surface area (Å²) in [5.41, 5.74) is -0.611. The van der Waals surface area contributed by atoms with E-state index >= 15 is 0 Å². The zero-order chi connectivity index (χ0) is 9.94. The number of rotatable bonds is 2. The van der Waals surface area contributed by atoms with Gasteiger partial charge >= 0.3 is 5.97 Å². The molecule has 0 fully saturated rings. The van der Waals surface area contributed by atoms with Gasteiger partial charge in [-0.3, -0.25) is 4.79 Å². The number of alkyl halides is 1. The highest BCUT2D eigenvalue weighted by Crippen LogP contribution is 2.20. The van der Waals surface area contributed by atoms with Crippen LogP contribution in [0, 0.1) is 5.41 Å². The Hall–Kier alpha value is -0.570. The third kappa shape index (κ3) is 2.81. The average Bonchev–Trinajstić information content (AvgIpc) is 1.98. The number of methoxy groups -OCH3 is 1. The minimum absolute atomic E-state index is 0.323. The van der Waals surface area contributed by atoms with Gasteiger partial charge in [-0.15, -0.1) is 11.6 Å². The highest BCUT2D eigenvalue weighted by Gasteiger charge is 2.33. The van der Waals surface area contributed by atoms with E-state index in [1.54, 1.807) is 20.8 Å². The molecule has 0 N–H and O–H groups in total. The number of Topliss-reactive ketones (excluding diaryl/α,β-unsaturated/α-hetero) is 1. The Morgan fingerprint density at radius 2 is 1.75 bits per heavy atom. The molecule has 0 rings (SSSR count). The lowest BCUT2D eigenvalue weighted by Crippen LogP contribution is -2.35. The molecule has 0 aromatic rings. The smallest absolute Gasteiger partial charge is 0.331 e. The number of carbonyl (C=O) groups excluding carboxylic acids is 2. The van der Waals surface area contributed by atoms with Crippen molar-refractivity contribution in [3.8, 4) is 0 Å². The van der Waals surface area contributed by atoms with Crippen molar-refractivity contribution >= 4 is 23.4 Å². The van der Waals surface area contributed by atoms with E-state index in [0.29, 0.717) is 0 Å². The highest BCUT2D eigenvalue weighted by molar-refractivity contribution is 6.41. The summed E-state index contributed by atoms with van der Waals surface area (Å²) >= 11 is 5.54. The number of ketones is 1. The molecule has 0 aliphatic rings. The van der Waals surface area contributed by atoms with Gasteiger partial charge in [0.2, 0.25) is 0 Å². The molecule has 0 spiro atoms. The maximum atomic E-state index is 11.3. The Bertz CT molecular complexity index is 193. The zero-order valence-electron chi connectivity index (χ0n) is 7.68. The largest absolute Gasteiger partial charge is 0.468 e. The Labute approximate surface area is 77.0 Å². The topological polar surface area (TPSA) is 43.4 Å². The lowest BCUT2D eigenvalue weighted by Gasteiger charge is -2.18. The number of esters is 1. The SMILES string of the molecule is COC(=O)[C@@H](Cl)C(=O)C(C)(C)C. The van der Waals surface area contributed by atoms with Crippen LogP contribution in [0.25, 0.3) is 0 Å². The quantitative estimate of drug-likeness (QED) is 0.377. The summed E-state index contributed by atoms with van der Waals surface area (Å²) in [5, 5.41) is -1.19. The van der Waals surface area contributed by atoms with Crippen molar-refractivity contribution in [1.29, 1.82) is 0 Å². The minimum atomic E-state index is -1.19. The molecule has 0 amide bonds. The van der Waals surface area contributed by atoms with Crippen molar-refractivity contribution in [1.82, 2.24) is 0 Å². The van der Waals surface area contributed by atoms with Crippen LogP contribution in [0.5, 0.6) is 0 Å². The standard InChI is InChI=1S/C8H13ClO3/c1-8(2,3)6(10)5(9)7(11)12-4/h5H,1-4H3/t5-/m0/s1. The predicted octanol–water partition coefficient (Wildman–Crippen LogP) is 1.38. The average molecular weight is 193 g/mol. The van der Waals surface area contributed by atoms with Crippen LogP contribution in [-0.4, -0.2) is 24.2 Å². The van der Waals surface area contributed by atoms with Gasteiger partial charge < -0.3 is 4.74 Å². The second-order valence-corrected chi connectivity index (χ2v) is 3.94. The summed E-state index contributed by atoms with van der Waals surface area (Å²) in [7, 11) is 1.20. The van der Waals surface area contributed by atoms with Crippen LogP contribution in [0.1, 0.15) is 20.8 Å². The Morgan fingerprint density at radius 1 is 1.33 bits per heavy atom. The monoisotopic (exact) mass is 192 g/mol. The summed E-state index contributed by atoms with van der Waals surface area (Å²) in [6, 6.07) is 0. The molecule has 0 radical (unpaired) electrons. The first-order valence-corrected chi connectivity index (χ1v) is 4.00. The lowest BCUT2D eigenvalue weighted by molar-refractivity contribution is -0.144. The van der Waals surface area contributed by atoms with Crippen molar-refractivity contribution in [2.75, 3.05) is 7.11 Å². The maximum absolute atomic E-state index is 11.3. The molecule has 12 heavy (non-hydrogen) atoms. The van der Waals surface area contributed by atoms with Crippen molar-refractivity contribution in [3.63, 3.8) is 0 Å². The second-order valence-electron chi connectivity index (χ2n) is 3.50. The number of hydrogen-bond donors (Lipinski definition) is 0. The molecular weight excluding hydrogens is 180 g/mol. The van der Waals surface area contributed by atoms with E-state index < -0.39 is 16.8 Å². The van der Waals surface area contributed by atoms with Gasteiger partial charge in [-0.05, 0) is 0 Å². The van der Waals surface area contributed by atoms with Crippen LogP contribution in [0.2, 0.25) is 0 Å². The van der Waals surface area contributed by atoms with E-state index in [0.717, 1.165) is 0 Å². The highest BCUT2D eigenvalue weighted by atomic mass is 35.5. The van der Waals surface area contributed by atoms with E-state index in [9.17, 15) is 9.59 Å². The van der Waals surface area contributed by atoms with Crippen LogP contribution < -0.4 is 0 Å². The predicted molar refractivity (Wildman–Crippen MR) is 46.1 cm³/mol. The van der Waals surface area contributed by atoms with E-state index in [4.69, 9.17) is 11.6 Å². The van der Waals surface area contributed by atoms with Crippen molar-refractivity contribution in [2.24, 2.45) is 5.41 Å². The van der Waals surface area contributed by atoms with Gasteiger partial charge in [-0.1, -0.05) is 20.8 Å². The molecule has 0 bridgehead atoms. The van der Waals surface area contributed by atoms with E-state index in [2.05, 4.69) is 4.74 Å². The Kier molecular flexibility index (Phi) is 3.71. The van der Waals surface area contributed by atoms with Gasteiger partial charge in [0.05, 0.1) is 7.11 Å². The molecule has 70 valence electrons. The summed E-state index contributed by atoms with van der Waals surface area (Å²) in [6.45, 7) is 5.11. The first kappa shape index (κ1) is 11.4. The van der Waals surface area contributed by atoms with Gasteiger partial charge in [0, 0.05) is 5.41 Å². The third-order valence-corrected chi connectivity index (χ3v) is 1.75. The molecule has 0 aromatic carbocycles. The second kappa shape index (κ2) is 3.90. The molecule has 3 nitrogen and oxygen atoms in total. The van der Waals surface area contributed by atoms with Crippen molar-refractivity contribution < 1.29 is 14.3 Å².